The van der Waals surface area contributed by atoms with E-state index in [0.29, 0.717) is 6.42 Å². The van der Waals surface area contributed by atoms with Gasteiger partial charge >= 0.3 is 12.1 Å². The molecule has 0 aromatic carbocycles. The molecule has 1 heterocycles. The third-order valence-electron chi connectivity index (χ3n) is 7.55. The van der Waals surface area contributed by atoms with Crippen LogP contribution in [0.1, 0.15) is 65.7 Å². The number of nitrogens with one attached hydrogen (secondary N) is 4. The van der Waals surface area contributed by atoms with Crippen molar-refractivity contribution >= 4 is 29.8 Å². The Labute approximate surface area is 223 Å². The van der Waals surface area contributed by atoms with E-state index in [1.165, 1.54) is 34.0 Å². The van der Waals surface area contributed by atoms with Crippen LogP contribution < -0.4 is 21.3 Å². The smallest absolute Gasteiger partial charge is 0.350 e. The molecule has 0 aromatic rings. The minimum atomic E-state index is -5.26. The van der Waals surface area contributed by atoms with Crippen molar-refractivity contribution in [1.29, 1.82) is 0 Å². The average Bonchev–Trinajstić information content (AvgIpc) is 3.68. The first-order chi connectivity index (χ1) is 17.9. The van der Waals surface area contributed by atoms with E-state index in [9.17, 15) is 41.1 Å². The molecule has 1 spiro atoms. The maximum absolute atomic E-state index is 13.7. The number of piperidine rings is 1. The number of rotatable bonds is 10. The molecular weight excluding hydrogens is 529 g/mol. The number of carbonyl (C=O) groups excluding carboxylic acids is 4. The Morgan fingerprint density at radius 3 is 2.13 bits per heavy atom. The molecule has 3 aliphatic rings. The molecule has 3 rings (SSSR count). The number of hydrogen-bond donors (Lipinski definition) is 4. The quantitative estimate of drug-likeness (QED) is 0.239. The first-order valence-corrected chi connectivity index (χ1v) is 13.0. The average molecular weight is 566 g/mol. The second-order valence-corrected chi connectivity index (χ2v) is 12.0. The number of aliphatic imine (C=N–C) groups is 1. The standard InChI is InChI=1S/C25H36F5N5O4/c1-22(2,3)17(34-21(39)25(28,29)30)20(38)33-16(10-14-11-24(14,26)27)19(37)32-15(12-31-4)9-13-5-6-23(7-8-23)35-18(13)36/h12-17H,5-11H2,1-4H3,(H,32,37)(H,33,38)(H,34,39)(H,35,36)/t13-,14?,15-,16-,17+/m0/s1. The van der Waals surface area contributed by atoms with Crippen LogP contribution in [0.5, 0.6) is 0 Å². The molecule has 2 aliphatic carbocycles. The van der Waals surface area contributed by atoms with Crippen molar-refractivity contribution in [2.75, 3.05) is 7.05 Å². The van der Waals surface area contributed by atoms with E-state index < -0.39 is 78.0 Å². The van der Waals surface area contributed by atoms with Crippen molar-refractivity contribution in [3.63, 3.8) is 0 Å². The zero-order valence-electron chi connectivity index (χ0n) is 22.4. The molecule has 0 radical (unpaired) electrons. The van der Waals surface area contributed by atoms with E-state index in [1.807, 2.05) is 0 Å². The summed E-state index contributed by atoms with van der Waals surface area (Å²) in [5.74, 6) is -9.09. The van der Waals surface area contributed by atoms with Gasteiger partial charge in [0.15, 0.2) is 0 Å². The molecule has 5 atom stereocenters. The molecule has 2 saturated carbocycles. The first-order valence-electron chi connectivity index (χ1n) is 13.0. The van der Waals surface area contributed by atoms with Gasteiger partial charge in [-0.15, -0.1) is 0 Å². The lowest BCUT2D eigenvalue weighted by molar-refractivity contribution is -0.175. The SMILES string of the molecule is CN=C[C@H](C[C@@H]1CCC2(CC2)NC1=O)NC(=O)[C@H](CC1CC1(F)F)NC(=O)[C@@H](NC(=O)C(F)(F)F)C(C)(C)C. The van der Waals surface area contributed by atoms with Crippen LogP contribution in [0.4, 0.5) is 22.0 Å². The lowest BCUT2D eigenvalue weighted by atomic mass is 9.85. The monoisotopic (exact) mass is 565 g/mol. The molecule has 4 N–H and O–H groups in total. The van der Waals surface area contributed by atoms with Crippen LogP contribution in [0.15, 0.2) is 4.99 Å². The van der Waals surface area contributed by atoms with Gasteiger partial charge in [-0.05, 0) is 43.9 Å². The van der Waals surface area contributed by atoms with Crippen LogP contribution in [-0.2, 0) is 19.2 Å². The Hall–Kier alpha value is -2.80. The summed E-state index contributed by atoms with van der Waals surface area (Å²) in [5, 5.41) is 9.56. The lowest BCUT2D eigenvalue weighted by Gasteiger charge is -2.33. The number of carbonyl (C=O) groups is 4. The minimum absolute atomic E-state index is 0.124. The van der Waals surface area contributed by atoms with Gasteiger partial charge < -0.3 is 21.3 Å². The highest BCUT2D eigenvalue weighted by atomic mass is 19.4. The van der Waals surface area contributed by atoms with Crippen LogP contribution in [0.2, 0.25) is 0 Å². The molecule has 0 aromatic heterocycles. The fourth-order valence-corrected chi connectivity index (χ4v) is 4.87. The summed E-state index contributed by atoms with van der Waals surface area (Å²) in [6, 6.07) is -3.99. The van der Waals surface area contributed by atoms with Gasteiger partial charge in [-0.1, -0.05) is 20.8 Å². The van der Waals surface area contributed by atoms with Crippen molar-refractivity contribution in [2.24, 2.45) is 22.2 Å². The van der Waals surface area contributed by atoms with Crippen LogP contribution in [0, 0.1) is 17.3 Å². The Bertz CT molecular complexity index is 1010. The molecule has 3 fully saturated rings. The van der Waals surface area contributed by atoms with Crippen LogP contribution in [0.3, 0.4) is 0 Å². The zero-order valence-corrected chi connectivity index (χ0v) is 22.4. The van der Waals surface area contributed by atoms with Gasteiger partial charge in [-0.2, -0.15) is 13.2 Å². The fourth-order valence-electron chi connectivity index (χ4n) is 4.87. The van der Waals surface area contributed by atoms with Crippen LogP contribution in [0.25, 0.3) is 0 Å². The molecule has 39 heavy (non-hydrogen) atoms. The third-order valence-corrected chi connectivity index (χ3v) is 7.55. The lowest BCUT2D eigenvalue weighted by Crippen LogP contribution is -2.60. The van der Waals surface area contributed by atoms with Gasteiger partial charge in [-0.25, -0.2) is 8.78 Å². The fraction of sp³-hybridized carbons (Fsp3) is 0.800. The molecule has 1 aliphatic heterocycles. The van der Waals surface area contributed by atoms with E-state index >= 15 is 0 Å². The van der Waals surface area contributed by atoms with Crippen molar-refractivity contribution in [2.45, 2.75) is 101 Å². The molecule has 14 heteroatoms. The molecule has 9 nitrogen and oxygen atoms in total. The Morgan fingerprint density at radius 2 is 1.67 bits per heavy atom. The van der Waals surface area contributed by atoms with Gasteiger partial charge in [0.2, 0.25) is 17.7 Å². The summed E-state index contributed by atoms with van der Waals surface area (Å²) >= 11 is 0. The van der Waals surface area contributed by atoms with Crippen molar-refractivity contribution in [3.8, 4) is 0 Å². The first kappa shape index (κ1) is 30.7. The molecule has 1 unspecified atom stereocenters. The second kappa shape index (κ2) is 11.0. The van der Waals surface area contributed by atoms with Crippen LogP contribution in [-0.4, -0.2) is 72.7 Å². The van der Waals surface area contributed by atoms with Gasteiger partial charge in [0.1, 0.15) is 12.1 Å². The Morgan fingerprint density at radius 1 is 1.05 bits per heavy atom. The topological polar surface area (TPSA) is 129 Å². The minimum Gasteiger partial charge on any atom is -0.350 e. The number of alkyl halides is 5. The zero-order chi connectivity index (χ0) is 29.4. The predicted octanol–water partition coefficient (Wildman–Crippen LogP) is 2.24. The third kappa shape index (κ3) is 8.10. The molecule has 0 bridgehead atoms. The number of amides is 4. The van der Waals surface area contributed by atoms with Gasteiger partial charge in [0.05, 0.1) is 6.04 Å². The Balaban J connectivity index is 1.72. The molecule has 1 saturated heterocycles. The Kier molecular flexibility index (Phi) is 8.66. The molecular formula is C25H36F5N5O4. The van der Waals surface area contributed by atoms with E-state index in [2.05, 4.69) is 20.9 Å². The summed E-state index contributed by atoms with van der Waals surface area (Å²) in [6.45, 7) is 4.23. The largest absolute Gasteiger partial charge is 0.471 e. The van der Waals surface area contributed by atoms with Gasteiger partial charge in [0, 0.05) is 37.1 Å². The summed E-state index contributed by atoms with van der Waals surface area (Å²) in [5.41, 5.74) is -1.33. The summed E-state index contributed by atoms with van der Waals surface area (Å²) < 4.78 is 66.0. The van der Waals surface area contributed by atoms with E-state index in [0.717, 1.165) is 19.3 Å². The number of hydrogen-bond acceptors (Lipinski definition) is 5. The molecule has 4 amide bonds. The van der Waals surface area contributed by atoms with Crippen LogP contribution >= 0.6 is 0 Å². The second-order valence-electron chi connectivity index (χ2n) is 12.0. The highest BCUT2D eigenvalue weighted by molar-refractivity contribution is 5.94. The number of nitrogens with zero attached hydrogens (tertiary/aromatic N) is 1. The predicted molar refractivity (Wildman–Crippen MR) is 131 cm³/mol. The summed E-state index contributed by atoms with van der Waals surface area (Å²) in [6.07, 6.45) is -1.36. The molecule has 220 valence electrons. The van der Waals surface area contributed by atoms with Crippen molar-refractivity contribution < 1.29 is 41.1 Å². The van der Waals surface area contributed by atoms with E-state index in [-0.39, 0.29) is 17.9 Å². The highest BCUT2D eigenvalue weighted by Gasteiger charge is 2.58. The maximum Gasteiger partial charge on any atom is 0.471 e. The van der Waals surface area contributed by atoms with Crippen molar-refractivity contribution in [1.82, 2.24) is 21.3 Å². The van der Waals surface area contributed by atoms with E-state index in [1.54, 1.807) is 5.32 Å². The van der Waals surface area contributed by atoms with E-state index in [4.69, 9.17) is 0 Å². The van der Waals surface area contributed by atoms with Gasteiger partial charge in [-0.3, -0.25) is 24.2 Å². The summed E-state index contributed by atoms with van der Waals surface area (Å²) in [4.78, 5) is 54.3. The maximum atomic E-state index is 13.7. The summed E-state index contributed by atoms with van der Waals surface area (Å²) in [7, 11) is 1.46. The normalized spacial score (nSPS) is 25.8. The number of halogens is 5. The van der Waals surface area contributed by atoms with Gasteiger partial charge in [0.25, 0.3) is 5.92 Å². The van der Waals surface area contributed by atoms with Crippen molar-refractivity contribution in [3.05, 3.63) is 0 Å². The highest BCUT2D eigenvalue weighted by Crippen LogP contribution is 2.51.